The van der Waals surface area contributed by atoms with E-state index in [1.54, 1.807) is 13.3 Å². The molecular formula is C16H27N5O3. The molecular weight excluding hydrogens is 310 g/mol. The molecule has 0 saturated heterocycles. The molecule has 8 nitrogen and oxygen atoms in total. The first-order valence-corrected chi connectivity index (χ1v) is 8.26. The van der Waals surface area contributed by atoms with Crippen molar-refractivity contribution in [2.45, 2.75) is 37.8 Å². The Bertz CT molecular complexity index is 532. The lowest BCUT2D eigenvalue weighted by molar-refractivity contribution is 0.0854. The van der Waals surface area contributed by atoms with Crippen LogP contribution in [0.25, 0.3) is 0 Å². The average molecular weight is 337 g/mol. The minimum absolute atomic E-state index is 0.0599. The number of nitrogens with zero attached hydrogens (tertiary/aromatic N) is 4. The minimum atomic E-state index is -0.870. The third-order valence-electron chi connectivity index (χ3n) is 4.35. The number of ether oxygens (including phenoxy) is 1. The van der Waals surface area contributed by atoms with Crippen molar-refractivity contribution in [1.29, 1.82) is 0 Å². The van der Waals surface area contributed by atoms with Crippen LogP contribution in [0.4, 0.5) is 16.6 Å². The van der Waals surface area contributed by atoms with Gasteiger partial charge in [-0.05, 0) is 31.7 Å². The number of hydrogen-bond donors (Lipinski definition) is 2. The summed E-state index contributed by atoms with van der Waals surface area (Å²) in [6.07, 6.45) is 4.34. The maximum atomic E-state index is 11.4. The van der Waals surface area contributed by atoms with Gasteiger partial charge in [-0.2, -0.15) is 4.98 Å². The van der Waals surface area contributed by atoms with Crippen LogP contribution in [-0.2, 0) is 4.74 Å². The van der Waals surface area contributed by atoms with Crippen molar-refractivity contribution in [1.82, 2.24) is 14.9 Å². The normalized spacial score (nSPS) is 20.5. The van der Waals surface area contributed by atoms with Crippen molar-refractivity contribution in [3.63, 3.8) is 0 Å². The summed E-state index contributed by atoms with van der Waals surface area (Å²) < 4.78 is 5.01. The predicted molar refractivity (Wildman–Crippen MR) is 92.6 cm³/mol. The molecule has 0 spiro atoms. The lowest BCUT2D eigenvalue weighted by Crippen LogP contribution is -2.44. The molecule has 1 aromatic heterocycles. The fourth-order valence-corrected chi connectivity index (χ4v) is 3.01. The Morgan fingerprint density at radius 2 is 2.08 bits per heavy atom. The van der Waals surface area contributed by atoms with Gasteiger partial charge in [0.2, 0.25) is 5.95 Å². The zero-order valence-electron chi connectivity index (χ0n) is 14.6. The molecule has 1 saturated carbocycles. The maximum Gasteiger partial charge on any atom is 0.407 e. The van der Waals surface area contributed by atoms with E-state index in [4.69, 9.17) is 4.74 Å². The Hall–Kier alpha value is -2.09. The van der Waals surface area contributed by atoms with Crippen molar-refractivity contribution in [3.05, 3.63) is 12.3 Å². The molecule has 1 heterocycles. The number of methoxy groups -OCH3 is 1. The number of hydrogen-bond acceptors (Lipinski definition) is 6. The van der Waals surface area contributed by atoms with Gasteiger partial charge in [-0.15, -0.1) is 0 Å². The van der Waals surface area contributed by atoms with Crippen molar-refractivity contribution in [2.24, 2.45) is 0 Å². The Labute approximate surface area is 142 Å². The molecule has 1 aliphatic rings. The van der Waals surface area contributed by atoms with Crippen molar-refractivity contribution in [3.8, 4) is 0 Å². The number of rotatable bonds is 7. The summed E-state index contributed by atoms with van der Waals surface area (Å²) in [4.78, 5) is 23.6. The van der Waals surface area contributed by atoms with E-state index in [9.17, 15) is 9.90 Å². The molecule has 2 rings (SSSR count). The first-order chi connectivity index (χ1) is 11.5. The molecule has 2 N–H and O–H groups in total. The first kappa shape index (κ1) is 18.3. The second-order valence-electron chi connectivity index (χ2n) is 6.25. The molecule has 0 unspecified atom stereocenters. The number of anilines is 2. The van der Waals surface area contributed by atoms with E-state index in [0.29, 0.717) is 19.1 Å². The molecule has 0 bridgehead atoms. The molecule has 134 valence electrons. The second-order valence-corrected chi connectivity index (χ2v) is 6.25. The second kappa shape index (κ2) is 8.68. The lowest BCUT2D eigenvalue weighted by Gasteiger charge is -2.35. The Morgan fingerprint density at radius 1 is 1.38 bits per heavy atom. The SMILES string of the molecule is COCCN(C(=O)O)[C@H]1CC[C@@H](Nc2nccc(N(C)C)n2)CC1. The van der Waals surface area contributed by atoms with E-state index < -0.39 is 6.09 Å². The topological polar surface area (TPSA) is 90.8 Å². The predicted octanol–water partition coefficient (Wildman–Crippen LogP) is 1.89. The van der Waals surface area contributed by atoms with Crippen molar-refractivity contribution >= 4 is 17.9 Å². The summed E-state index contributed by atoms with van der Waals surface area (Å²) in [6.45, 7) is 0.845. The molecule has 0 aromatic carbocycles. The lowest BCUT2D eigenvalue weighted by atomic mass is 9.90. The summed E-state index contributed by atoms with van der Waals surface area (Å²) in [5.74, 6) is 1.48. The number of carboxylic acid groups (broad SMARTS) is 1. The molecule has 1 aromatic rings. The highest BCUT2D eigenvalue weighted by Crippen LogP contribution is 2.25. The Morgan fingerprint density at radius 3 is 2.67 bits per heavy atom. The van der Waals surface area contributed by atoms with Gasteiger partial charge in [0.25, 0.3) is 0 Å². The van der Waals surface area contributed by atoms with Gasteiger partial charge in [-0.3, -0.25) is 0 Å². The van der Waals surface area contributed by atoms with Gasteiger partial charge in [-0.25, -0.2) is 9.78 Å². The van der Waals surface area contributed by atoms with E-state index in [1.807, 2.05) is 25.1 Å². The van der Waals surface area contributed by atoms with E-state index in [2.05, 4.69) is 15.3 Å². The quantitative estimate of drug-likeness (QED) is 0.785. The number of aromatic nitrogens is 2. The maximum absolute atomic E-state index is 11.4. The average Bonchev–Trinajstić information content (AvgIpc) is 2.56. The van der Waals surface area contributed by atoms with Crippen molar-refractivity contribution < 1.29 is 14.6 Å². The fourth-order valence-electron chi connectivity index (χ4n) is 3.01. The smallest absolute Gasteiger partial charge is 0.407 e. The van der Waals surface area contributed by atoms with Crippen LogP contribution < -0.4 is 10.2 Å². The monoisotopic (exact) mass is 337 g/mol. The summed E-state index contributed by atoms with van der Waals surface area (Å²) in [5.41, 5.74) is 0. The highest BCUT2D eigenvalue weighted by Gasteiger charge is 2.28. The van der Waals surface area contributed by atoms with Crippen LogP contribution in [0.2, 0.25) is 0 Å². The third-order valence-corrected chi connectivity index (χ3v) is 4.35. The zero-order valence-corrected chi connectivity index (χ0v) is 14.6. The molecule has 0 radical (unpaired) electrons. The number of amides is 1. The molecule has 24 heavy (non-hydrogen) atoms. The van der Waals surface area contributed by atoms with Crippen LogP contribution in [0.5, 0.6) is 0 Å². The Balaban J connectivity index is 1.88. The highest BCUT2D eigenvalue weighted by atomic mass is 16.5. The molecule has 1 fully saturated rings. The van der Waals surface area contributed by atoms with E-state index in [0.717, 1.165) is 31.5 Å². The van der Waals surface area contributed by atoms with E-state index in [1.165, 1.54) is 4.90 Å². The van der Waals surface area contributed by atoms with E-state index >= 15 is 0 Å². The summed E-state index contributed by atoms with van der Waals surface area (Å²) >= 11 is 0. The van der Waals surface area contributed by atoms with Gasteiger partial charge in [0.05, 0.1) is 6.61 Å². The van der Waals surface area contributed by atoms with Crippen LogP contribution in [0.3, 0.4) is 0 Å². The van der Waals surface area contributed by atoms with Crippen LogP contribution >= 0.6 is 0 Å². The fraction of sp³-hybridized carbons (Fsp3) is 0.688. The van der Waals surface area contributed by atoms with Crippen LogP contribution in [0, 0.1) is 0 Å². The minimum Gasteiger partial charge on any atom is -0.465 e. The van der Waals surface area contributed by atoms with Gasteiger partial charge in [0.15, 0.2) is 0 Å². The summed E-state index contributed by atoms with van der Waals surface area (Å²) in [5, 5.41) is 12.7. The van der Waals surface area contributed by atoms with Crippen LogP contribution in [0.1, 0.15) is 25.7 Å². The molecule has 0 aliphatic heterocycles. The van der Waals surface area contributed by atoms with Crippen LogP contribution in [-0.4, -0.2) is 72.5 Å². The standard InChI is InChI=1S/C16H27N5O3/c1-20(2)14-8-9-17-15(19-14)18-12-4-6-13(7-5-12)21(16(22)23)10-11-24-3/h8-9,12-13H,4-7,10-11H2,1-3H3,(H,22,23)(H,17,18,19)/t12-,13+. The Kier molecular flexibility index (Phi) is 6.60. The van der Waals surface area contributed by atoms with Gasteiger partial charge in [0, 0.05) is 46.0 Å². The van der Waals surface area contributed by atoms with E-state index in [-0.39, 0.29) is 12.1 Å². The van der Waals surface area contributed by atoms with Gasteiger partial charge in [-0.1, -0.05) is 0 Å². The summed E-state index contributed by atoms with van der Waals surface area (Å²) in [7, 11) is 5.47. The van der Waals surface area contributed by atoms with Crippen molar-refractivity contribution in [2.75, 3.05) is 44.6 Å². The number of carbonyl (C=O) groups is 1. The van der Waals surface area contributed by atoms with Gasteiger partial charge in [0.1, 0.15) is 5.82 Å². The first-order valence-electron chi connectivity index (χ1n) is 8.26. The molecule has 1 aliphatic carbocycles. The number of nitrogens with one attached hydrogen (secondary N) is 1. The zero-order chi connectivity index (χ0) is 17.5. The third kappa shape index (κ3) is 4.95. The van der Waals surface area contributed by atoms with Crippen LogP contribution in [0.15, 0.2) is 12.3 Å². The largest absolute Gasteiger partial charge is 0.465 e. The molecule has 8 heteroatoms. The highest BCUT2D eigenvalue weighted by molar-refractivity contribution is 5.65. The molecule has 1 amide bonds. The summed E-state index contributed by atoms with van der Waals surface area (Å²) in [6, 6.07) is 2.20. The van der Waals surface area contributed by atoms with Gasteiger partial charge < -0.3 is 25.0 Å². The van der Waals surface area contributed by atoms with Gasteiger partial charge >= 0.3 is 6.09 Å². The molecule has 0 atom stereocenters.